The lowest BCUT2D eigenvalue weighted by Crippen LogP contribution is -2.37. The Morgan fingerprint density at radius 1 is 1.27 bits per heavy atom. The van der Waals surface area contributed by atoms with Crippen LogP contribution in [0.1, 0.15) is 32.4 Å². The van der Waals surface area contributed by atoms with E-state index in [-0.39, 0.29) is 18.2 Å². The predicted molar refractivity (Wildman–Crippen MR) is 66.8 cm³/mol. The molecule has 84 valence electrons. The highest BCUT2D eigenvalue weighted by Gasteiger charge is 2.13. The second-order valence-electron chi connectivity index (χ2n) is 3.97. The van der Waals surface area contributed by atoms with Gasteiger partial charge in [0.15, 0.2) is 0 Å². The number of aliphatic hydroxyl groups excluding tert-OH is 1. The zero-order valence-corrected chi connectivity index (χ0v) is 11.0. The van der Waals surface area contributed by atoms with Crippen LogP contribution in [0.2, 0.25) is 0 Å². The van der Waals surface area contributed by atoms with Crippen molar-refractivity contribution in [2.45, 2.75) is 39.0 Å². The minimum absolute atomic E-state index is 0.0963. The zero-order valence-electron chi connectivity index (χ0n) is 9.37. The largest absolute Gasteiger partial charge is 0.392 e. The van der Waals surface area contributed by atoms with E-state index in [0.29, 0.717) is 0 Å². The summed E-state index contributed by atoms with van der Waals surface area (Å²) in [6.07, 6.45) is -0.334. The Kier molecular flexibility index (Phi) is 4.77. The van der Waals surface area contributed by atoms with Crippen LogP contribution >= 0.6 is 15.9 Å². The summed E-state index contributed by atoms with van der Waals surface area (Å²) in [5, 5.41) is 12.8. The summed E-state index contributed by atoms with van der Waals surface area (Å²) in [6, 6.07) is 8.54. The molecular formula is C12H18BrNO. The predicted octanol–water partition coefficient (Wildman–Crippen LogP) is 2.87. The number of hydrogen-bond donors (Lipinski definition) is 2. The monoisotopic (exact) mass is 271 g/mol. The summed E-state index contributed by atoms with van der Waals surface area (Å²) in [6.45, 7) is 5.88. The van der Waals surface area contributed by atoms with Crippen LogP contribution in [0.5, 0.6) is 0 Å². The molecule has 1 aromatic carbocycles. The molecule has 0 saturated heterocycles. The molecule has 0 saturated carbocycles. The Morgan fingerprint density at radius 3 is 2.47 bits per heavy atom. The van der Waals surface area contributed by atoms with Crippen molar-refractivity contribution in [3.05, 3.63) is 34.3 Å². The van der Waals surface area contributed by atoms with Crippen LogP contribution in [0.4, 0.5) is 0 Å². The average Bonchev–Trinajstić information content (AvgIpc) is 2.17. The van der Waals surface area contributed by atoms with Gasteiger partial charge in [-0.05, 0) is 38.5 Å². The topological polar surface area (TPSA) is 32.3 Å². The van der Waals surface area contributed by atoms with E-state index in [0.717, 1.165) is 4.47 Å². The van der Waals surface area contributed by atoms with Crippen LogP contribution in [-0.4, -0.2) is 17.3 Å². The third-order valence-corrected chi connectivity index (χ3v) is 3.08. The maximum absolute atomic E-state index is 9.40. The van der Waals surface area contributed by atoms with Crippen molar-refractivity contribution in [3.8, 4) is 0 Å². The second kappa shape index (κ2) is 5.64. The number of halogens is 1. The highest BCUT2D eigenvalue weighted by molar-refractivity contribution is 9.10. The van der Waals surface area contributed by atoms with Crippen molar-refractivity contribution < 1.29 is 5.11 Å². The van der Waals surface area contributed by atoms with E-state index in [1.54, 1.807) is 6.92 Å². The van der Waals surface area contributed by atoms with Crippen LogP contribution in [-0.2, 0) is 0 Å². The lowest BCUT2D eigenvalue weighted by Gasteiger charge is -2.22. The lowest BCUT2D eigenvalue weighted by molar-refractivity contribution is 0.147. The van der Waals surface area contributed by atoms with Gasteiger partial charge in [-0.15, -0.1) is 0 Å². The Morgan fingerprint density at radius 2 is 1.93 bits per heavy atom. The lowest BCUT2D eigenvalue weighted by atomic mass is 10.1. The molecule has 0 radical (unpaired) electrons. The molecule has 15 heavy (non-hydrogen) atoms. The maximum atomic E-state index is 9.40. The number of aliphatic hydroxyl groups is 1. The molecule has 0 aliphatic heterocycles. The van der Waals surface area contributed by atoms with E-state index in [9.17, 15) is 5.11 Å². The van der Waals surface area contributed by atoms with Crippen molar-refractivity contribution >= 4 is 15.9 Å². The normalized spacial score (nSPS) is 17.1. The molecule has 0 heterocycles. The fraction of sp³-hybridized carbons (Fsp3) is 0.500. The SMILES string of the molecule is CC(O)C(C)N[C@@H](C)c1cccc(Br)c1. The minimum Gasteiger partial charge on any atom is -0.392 e. The summed E-state index contributed by atoms with van der Waals surface area (Å²) in [7, 11) is 0. The molecule has 0 aliphatic carbocycles. The molecule has 3 heteroatoms. The van der Waals surface area contributed by atoms with Gasteiger partial charge in [0, 0.05) is 16.6 Å². The Hall–Kier alpha value is -0.380. The number of benzene rings is 1. The quantitative estimate of drug-likeness (QED) is 0.883. The molecule has 2 unspecified atom stereocenters. The van der Waals surface area contributed by atoms with E-state index in [1.165, 1.54) is 5.56 Å². The summed E-state index contributed by atoms with van der Waals surface area (Å²) in [5.41, 5.74) is 1.22. The molecule has 0 aromatic heterocycles. The van der Waals surface area contributed by atoms with Crippen molar-refractivity contribution in [1.29, 1.82) is 0 Å². The second-order valence-corrected chi connectivity index (χ2v) is 4.89. The van der Waals surface area contributed by atoms with Gasteiger partial charge >= 0.3 is 0 Å². The Balaban J connectivity index is 2.64. The van der Waals surface area contributed by atoms with Crippen LogP contribution in [0.3, 0.4) is 0 Å². The van der Waals surface area contributed by atoms with Crippen molar-refractivity contribution in [3.63, 3.8) is 0 Å². The minimum atomic E-state index is -0.334. The Labute approximate surface area is 99.8 Å². The van der Waals surface area contributed by atoms with Gasteiger partial charge in [0.1, 0.15) is 0 Å². The molecule has 1 aromatic rings. The number of nitrogens with one attached hydrogen (secondary N) is 1. The van der Waals surface area contributed by atoms with E-state index in [2.05, 4.69) is 40.3 Å². The average molecular weight is 272 g/mol. The standard InChI is InChI=1S/C12H18BrNO/c1-8(10(3)15)14-9(2)11-5-4-6-12(13)7-11/h4-10,14-15H,1-3H3/t8?,9-,10?/m0/s1. The van der Waals surface area contributed by atoms with Gasteiger partial charge in [0.05, 0.1) is 6.10 Å². The smallest absolute Gasteiger partial charge is 0.0662 e. The van der Waals surface area contributed by atoms with Crippen LogP contribution < -0.4 is 5.32 Å². The van der Waals surface area contributed by atoms with E-state index >= 15 is 0 Å². The summed E-state index contributed by atoms with van der Waals surface area (Å²) < 4.78 is 1.08. The van der Waals surface area contributed by atoms with Gasteiger partial charge in [-0.2, -0.15) is 0 Å². The van der Waals surface area contributed by atoms with Gasteiger partial charge in [-0.25, -0.2) is 0 Å². The fourth-order valence-corrected chi connectivity index (χ4v) is 1.82. The molecule has 0 aliphatic rings. The molecule has 0 bridgehead atoms. The van der Waals surface area contributed by atoms with Gasteiger partial charge in [0.25, 0.3) is 0 Å². The molecule has 1 rings (SSSR count). The van der Waals surface area contributed by atoms with E-state index in [1.807, 2.05) is 19.1 Å². The van der Waals surface area contributed by atoms with Gasteiger partial charge in [0.2, 0.25) is 0 Å². The van der Waals surface area contributed by atoms with Crippen molar-refractivity contribution in [1.82, 2.24) is 5.32 Å². The van der Waals surface area contributed by atoms with E-state index < -0.39 is 0 Å². The van der Waals surface area contributed by atoms with Gasteiger partial charge in [-0.1, -0.05) is 28.1 Å². The van der Waals surface area contributed by atoms with Gasteiger partial charge in [-0.3, -0.25) is 0 Å². The number of rotatable bonds is 4. The van der Waals surface area contributed by atoms with Crippen LogP contribution in [0.25, 0.3) is 0 Å². The molecule has 3 atom stereocenters. The van der Waals surface area contributed by atoms with E-state index in [4.69, 9.17) is 0 Å². The molecular weight excluding hydrogens is 254 g/mol. The van der Waals surface area contributed by atoms with Crippen molar-refractivity contribution in [2.24, 2.45) is 0 Å². The first kappa shape index (κ1) is 12.7. The molecule has 0 fully saturated rings. The van der Waals surface area contributed by atoms with Gasteiger partial charge < -0.3 is 10.4 Å². The summed E-state index contributed by atoms with van der Waals surface area (Å²) >= 11 is 3.45. The molecule has 0 spiro atoms. The fourth-order valence-electron chi connectivity index (χ4n) is 1.41. The summed E-state index contributed by atoms with van der Waals surface area (Å²) in [4.78, 5) is 0. The maximum Gasteiger partial charge on any atom is 0.0662 e. The van der Waals surface area contributed by atoms with Crippen LogP contribution in [0, 0.1) is 0 Å². The first-order valence-electron chi connectivity index (χ1n) is 5.20. The third-order valence-electron chi connectivity index (χ3n) is 2.59. The highest BCUT2D eigenvalue weighted by Crippen LogP contribution is 2.18. The third kappa shape index (κ3) is 3.93. The first-order chi connectivity index (χ1) is 7.00. The van der Waals surface area contributed by atoms with Crippen molar-refractivity contribution in [2.75, 3.05) is 0 Å². The Bertz CT molecular complexity index is 314. The highest BCUT2D eigenvalue weighted by atomic mass is 79.9. The molecule has 2 nitrogen and oxygen atoms in total. The summed E-state index contributed by atoms with van der Waals surface area (Å²) in [5.74, 6) is 0. The zero-order chi connectivity index (χ0) is 11.4. The molecule has 2 N–H and O–H groups in total. The first-order valence-corrected chi connectivity index (χ1v) is 5.99. The van der Waals surface area contributed by atoms with Crippen LogP contribution in [0.15, 0.2) is 28.7 Å². The number of hydrogen-bond acceptors (Lipinski definition) is 2. The molecule has 0 amide bonds.